The van der Waals surface area contributed by atoms with Gasteiger partial charge in [0.15, 0.2) is 0 Å². The number of rotatable bonds is 15. The number of benzene rings is 4. The summed E-state index contributed by atoms with van der Waals surface area (Å²) in [7, 11) is -4.18. The van der Waals surface area contributed by atoms with E-state index in [1.54, 1.807) is 36.4 Å². The molecule has 0 aliphatic carbocycles. The van der Waals surface area contributed by atoms with Crippen molar-refractivity contribution in [1.82, 2.24) is 10.2 Å². The van der Waals surface area contributed by atoms with Crippen molar-refractivity contribution in [2.24, 2.45) is 0 Å². The summed E-state index contributed by atoms with van der Waals surface area (Å²) in [5.41, 5.74) is 3.93. The van der Waals surface area contributed by atoms with Crippen molar-refractivity contribution in [3.63, 3.8) is 0 Å². The molecule has 9 heteroatoms. The van der Waals surface area contributed by atoms with E-state index in [0.717, 1.165) is 33.0 Å². The number of hydrogen-bond acceptors (Lipinski definition) is 5. The summed E-state index contributed by atoms with van der Waals surface area (Å²) in [5.74, 6) is -0.205. The Kier molecular flexibility index (Phi) is 12.0. The summed E-state index contributed by atoms with van der Waals surface area (Å²) in [6.45, 7) is 8.20. The molecule has 4 aromatic rings. The Balaban J connectivity index is 1.80. The molecule has 0 heterocycles. The second kappa shape index (κ2) is 16.1. The smallest absolute Gasteiger partial charge is 0.264 e. The number of nitrogens with one attached hydrogen (secondary N) is 1. The molecule has 1 unspecified atom stereocenters. The van der Waals surface area contributed by atoms with E-state index < -0.39 is 28.5 Å². The van der Waals surface area contributed by atoms with Crippen molar-refractivity contribution in [2.75, 3.05) is 24.0 Å². The summed E-state index contributed by atoms with van der Waals surface area (Å²) < 4.78 is 35.1. The minimum Gasteiger partial charge on any atom is -0.494 e. The molecule has 8 nitrogen and oxygen atoms in total. The molecule has 0 saturated heterocycles. The van der Waals surface area contributed by atoms with Crippen molar-refractivity contribution in [3.8, 4) is 5.75 Å². The number of amides is 2. The van der Waals surface area contributed by atoms with Crippen LogP contribution in [0.3, 0.4) is 0 Å². The summed E-state index contributed by atoms with van der Waals surface area (Å²) in [6.07, 6.45) is 0.998. The fourth-order valence-corrected chi connectivity index (χ4v) is 6.55. The van der Waals surface area contributed by atoms with E-state index in [0.29, 0.717) is 24.6 Å². The van der Waals surface area contributed by atoms with E-state index >= 15 is 0 Å². The van der Waals surface area contributed by atoms with Gasteiger partial charge in [-0.05, 0) is 80.3 Å². The molecule has 0 bridgehead atoms. The maximum Gasteiger partial charge on any atom is 0.264 e. The zero-order valence-electron chi connectivity index (χ0n) is 27.0. The average Bonchev–Trinajstić information content (AvgIpc) is 3.06. The molecular formula is C37H43N3O5S. The van der Waals surface area contributed by atoms with E-state index in [1.165, 1.54) is 17.0 Å². The van der Waals surface area contributed by atoms with Crippen LogP contribution in [0.1, 0.15) is 42.5 Å². The molecule has 0 radical (unpaired) electrons. The van der Waals surface area contributed by atoms with Crippen molar-refractivity contribution >= 4 is 27.5 Å². The topological polar surface area (TPSA) is 96.0 Å². The lowest BCUT2D eigenvalue weighted by Crippen LogP contribution is -2.53. The van der Waals surface area contributed by atoms with Gasteiger partial charge >= 0.3 is 0 Å². The number of nitrogens with zero attached hydrogens (tertiary/aromatic N) is 2. The lowest BCUT2D eigenvalue weighted by atomic mass is 10.0. The van der Waals surface area contributed by atoms with Gasteiger partial charge in [-0.15, -0.1) is 0 Å². The third kappa shape index (κ3) is 8.75. The van der Waals surface area contributed by atoms with Crippen molar-refractivity contribution < 1.29 is 22.7 Å². The molecule has 4 rings (SSSR count). The van der Waals surface area contributed by atoms with Crippen LogP contribution in [0.4, 0.5) is 5.69 Å². The molecule has 0 aliphatic heterocycles. The first-order valence-corrected chi connectivity index (χ1v) is 17.1. The lowest BCUT2D eigenvalue weighted by molar-refractivity contribution is -0.140. The third-order valence-electron chi connectivity index (χ3n) is 7.75. The number of hydrogen-bond donors (Lipinski definition) is 1. The van der Waals surface area contributed by atoms with Gasteiger partial charge in [-0.1, -0.05) is 79.2 Å². The normalized spacial score (nSPS) is 11.8. The summed E-state index contributed by atoms with van der Waals surface area (Å²) >= 11 is 0. The number of ether oxygens (including phenoxy) is 1. The number of aryl methyl sites for hydroxylation is 2. The largest absolute Gasteiger partial charge is 0.494 e. The zero-order valence-corrected chi connectivity index (χ0v) is 27.8. The molecule has 0 fully saturated rings. The average molecular weight is 642 g/mol. The van der Waals surface area contributed by atoms with Gasteiger partial charge in [-0.25, -0.2) is 8.42 Å². The second-order valence-electron chi connectivity index (χ2n) is 11.2. The first kappa shape index (κ1) is 34.2. The molecule has 2 amide bonds. The van der Waals surface area contributed by atoms with Crippen LogP contribution in [-0.2, 0) is 32.6 Å². The molecule has 46 heavy (non-hydrogen) atoms. The van der Waals surface area contributed by atoms with E-state index in [-0.39, 0.29) is 23.8 Å². The van der Waals surface area contributed by atoms with Gasteiger partial charge in [-0.2, -0.15) is 0 Å². The highest BCUT2D eigenvalue weighted by Gasteiger charge is 2.34. The van der Waals surface area contributed by atoms with Crippen LogP contribution in [0.2, 0.25) is 0 Å². The molecule has 0 saturated carbocycles. The van der Waals surface area contributed by atoms with E-state index in [4.69, 9.17) is 4.74 Å². The van der Waals surface area contributed by atoms with Crippen LogP contribution >= 0.6 is 0 Å². The predicted octanol–water partition coefficient (Wildman–Crippen LogP) is 6.06. The molecule has 4 aromatic carbocycles. The highest BCUT2D eigenvalue weighted by Crippen LogP contribution is 2.27. The Bertz CT molecular complexity index is 1690. The monoisotopic (exact) mass is 641 g/mol. The maximum atomic E-state index is 14.6. The SMILES string of the molecule is CCCNC(=O)C(Cc1ccccc1)N(Cc1ccccc1C)C(=O)CN(c1ccc(OCC)cc1)S(=O)(=O)c1ccc(C)cc1. The molecular weight excluding hydrogens is 598 g/mol. The highest BCUT2D eigenvalue weighted by molar-refractivity contribution is 7.92. The minimum absolute atomic E-state index is 0.0618. The second-order valence-corrected chi connectivity index (χ2v) is 13.1. The molecule has 1 N–H and O–H groups in total. The van der Waals surface area contributed by atoms with Gasteiger partial charge in [0.2, 0.25) is 11.8 Å². The van der Waals surface area contributed by atoms with Crippen LogP contribution in [0.25, 0.3) is 0 Å². The Morgan fingerprint density at radius 3 is 2.11 bits per heavy atom. The Labute approximate surface area is 273 Å². The van der Waals surface area contributed by atoms with Crippen LogP contribution in [-0.4, -0.2) is 50.9 Å². The zero-order chi connectivity index (χ0) is 33.1. The number of carbonyl (C=O) groups is 2. The van der Waals surface area contributed by atoms with Gasteiger partial charge < -0.3 is 15.0 Å². The van der Waals surface area contributed by atoms with Gasteiger partial charge in [0, 0.05) is 19.5 Å². The first-order valence-electron chi connectivity index (χ1n) is 15.6. The van der Waals surface area contributed by atoms with Crippen LogP contribution in [0.15, 0.2) is 108 Å². The molecule has 0 aliphatic rings. The fraction of sp³-hybridized carbons (Fsp3) is 0.297. The van der Waals surface area contributed by atoms with Gasteiger partial charge in [0.05, 0.1) is 17.2 Å². The number of anilines is 1. The number of carbonyl (C=O) groups excluding carboxylic acids is 2. The molecule has 242 valence electrons. The summed E-state index contributed by atoms with van der Waals surface area (Å²) in [4.78, 5) is 29.9. The summed E-state index contributed by atoms with van der Waals surface area (Å²) in [6, 6.07) is 29.5. The van der Waals surface area contributed by atoms with Crippen LogP contribution in [0.5, 0.6) is 5.75 Å². The summed E-state index contributed by atoms with van der Waals surface area (Å²) in [5, 5.41) is 2.97. The van der Waals surface area contributed by atoms with Crippen LogP contribution < -0.4 is 14.4 Å². The van der Waals surface area contributed by atoms with E-state index in [1.807, 2.05) is 82.3 Å². The van der Waals surface area contributed by atoms with E-state index in [9.17, 15) is 18.0 Å². The Hall–Kier alpha value is -4.63. The predicted molar refractivity (Wildman–Crippen MR) is 182 cm³/mol. The van der Waals surface area contributed by atoms with Gasteiger partial charge in [0.1, 0.15) is 18.3 Å². The fourth-order valence-electron chi connectivity index (χ4n) is 5.13. The highest BCUT2D eigenvalue weighted by atomic mass is 32.2. The third-order valence-corrected chi connectivity index (χ3v) is 9.53. The van der Waals surface area contributed by atoms with Gasteiger partial charge in [-0.3, -0.25) is 13.9 Å². The maximum absolute atomic E-state index is 14.6. The number of sulfonamides is 1. The quantitative estimate of drug-likeness (QED) is 0.170. The molecule has 0 aromatic heterocycles. The van der Waals surface area contributed by atoms with Gasteiger partial charge in [0.25, 0.3) is 10.0 Å². The Morgan fingerprint density at radius 2 is 1.48 bits per heavy atom. The van der Waals surface area contributed by atoms with E-state index in [2.05, 4.69) is 5.32 Å². The van der Waals surface area contributed by atoms with Crippen molar-refractivity contribution in [3.05, 3.63) is 125 Å². The molecule has 0 spiro atoms. The lowest BCUT2D eigenvalue weighted by Gasteiger charge is -2.34. The van der Waals surface area contributed by atoms with Crippen molar-refractivity contribution in [1.29, 1.82) is 0 Å². The van der Waals surface area contributed by atoms with Crippen molar-refractivity contribution in [2.45, 2.75) is 58.0 Å². The molecule has 1 atom stereocenters. The Morgan fingerprint density at radius 1 is 0.826 bits per heavy atom. The van der Waals surface area contributed by atoms with Crippen LogP contribution in [0, 0.1) is 13.8 Å². The first-order chi connectivity index (χ1) is 22.1. The minimum atomic E-state index is -4.18. The standard InChI is InChI=1S/C37H43N3O5S/c1-5-24-38-37(42)35(25-30-13-8-7-9-14-30)39(26-31-15-11-10-12-29(31)4)36(41)27-40(32-18-20-33(21-19-32)45-6-2)46(43,44)34-22-16-28(3)17-23-34/h7-23,35H,5-6,24-27H2,1-4H3,(H,38,42).